The van der Waals surface area contributed by atoms with Crippen molar-refractivity contribution in [1.29, 1.82) is 0 Å². The number of nitrogens with one attached hydrogen (secondary N) is 1. The molecule has 5 heteroatoms. The van der Waals surface area contributed by atoms with Gasteiger partial charge in [-0.1, -0.05) is 0 Å². The molecule has 4 nitrogen and oxygen atoms in total. The summed E-state index contributed by atoms with van der Waals surface area (Å²) in [7, 11) is 0. The molecule has 1 unspecified atom stereocenters. The largest absolute Gasteiger partial charge is 0.316 e. The molecule has 0 aliphatic carbocycles. The molecule has 2 aliphatic rings. The van der Waals surface area contributed by atoms with Gasteiger partial charge in [-0.3, -0.25) is 9.58 Å². The Morgan fingerprint density at radius 2 is 2.10 bits per heavy atom. The first-order valence-corrected chi connectivity index (χ1v) is 7.59. The van der Waals surface area contributed by atoms with Gasteiger partial charge >= 0.3 is 0 Å². The molecule has 1 aromatic heterocycles. The van der Waals surface area contributed by atoms with E-state index in [1.807, 2.05) is 0 Å². The van der Waals surface area contributed by atoms with Crippen LogP contribution in [-0.2, 0) is 13.1 Å². The highest BCUT2D eigenvalue weighted by Crippen LogP contribution is 2.36. The van der Waals surface area contributed by atoms with Crippen LogP contribution >= 0.6 is 12.4 Å². The molecule has 2 fully saturated rings. The van der Waals surface area contributed by atoms with Gasteiger partial charge in [0.2, 0.25) is 0 Å². The maximum atomic E-state index is 4.64. The van der Waals surface area contributed by atoms with Crippen molar-refractivity contribution in [2.24, 2.45) is 5.41 Å². The molecule has 1 atom stereocenters. The Morgan fingerprint density at radius 1 is 1.30 bits per heavy atom. The molecule has 2 saturated heterocycles. The lowest BCUT2D eigenvalue weighted by Gasteiger charge is -2.23. The summed E-state index contributed by atoms with van der Waals surface area (Å²) >= 11 is 0. The minimum absolute atomic E-state index is 0. The number of likely N-dealkylation sites (tertiary alicyclic amines) is 1. The summed E-state index contributed by atoms with van der Waals surface area (Å²) in [6, 6.07) is 0. The second-order valence-electron chi connectivity index (χ2n) is 6.35. The Labute approximate surface area is 128 Å². The Kier molecular flexibility index (Phi) is 4.77. The zero-order valence-corrected chi connectivity index (χ0v) is 13.7. The summed E-state index contributed by atoms with van der Waals surface area (Å²) in [6.07, 6.45) is 2.72. The van der Waals surface area contributed by atoms with Crippen LogP contribution in [0.4, 0.5) is 0 Å². The van der Waals surface area contributed by atoms with Crippen LogP contribution in [0.5, 0.6) is 0 Å². The van der Waals surface area contributed by atoms with Crippen LogP contribution in [0.15, 0.2) is 0 Å². The molecule has 1 N–H and O–H groups in total. The monoisotopic (exact) mass is 298 g/mol. The minimum atomic E-state index is 0. The first kappa shape index (κ1) is 15.8. The quantitative estimate of drug-likeness (QED) is 0.928. The van der Waals surface area contributed by atoms with Gasteiger partial charge in [0.05, 0.1) is 5.69 Å². The number of aryl methyl sites for hydroxylation is 2. The van der Waals surface area contributed by atoms with Crippen LogP contribution in [0, 0.1) is 19.3 Å². The van der Waals surface area contributed by atoms with E-state index in [1.165, 1.54) is 56.0 Å². The molecule has 114 valence electrons. The Hall–Kier alpha value is -0.580. The maximum absolute atomic E-state index is 4.64. The Balaban J connectivity index is 0.00000147. The number of hydrogen-bond acceptors (Lipinski definition) is 3. The van der Waals surface area contributed by atoms with E-state index in [0.29, 0.717) is 5.41 Å². The van der Waals surface area contributed by atoms with E-state index in [-0.39, 0.29) is 12.4 Å². The van der Waals surface area contributed by atoms with Gasteiger partial charge in [0.15, 0.2) is 0 Å². The van der Waals surface area contributed by atoms with Crippen molar-refractivity contribution in [2.75, 3.05) is 26.2 Å². The van der Waals surface area contributed by atoms with Crippen molar-refractivity contribution < 1.29 is 0 Å². The van der Waals surface area contributed by atoms with Crippen LogP contribution < -0.4 is 5.32 Å². The average molecular weight is 299 g/mol. The predicted octanol–water partition coefficient (Wildman–Crippen LogP) is 2.13. The number of aromatic nitrogens is 2. The van der Waals surface area contributed by atoms with Gasteiger partial charge in [-0.2, -0.15) is 5.10 Å². The molecule has 0 bridgehead atoms. The third-order valence-electron chi connectivity index (χ3n) is 5.06. The van der Waals surface area contributed by atoms with Crippen molar-refractivity contribution in [3.05, 3.63) is 17.0 Å². The van der Waals surface area contributed by atoms with Gasteiger partial charge in [-0.15, -0.1) is 12.4 Å². The molecule has 0 radical (unpaired) electrons. The lowest BCUT2D eigenvalue weighted by atomic mass is 9.86. The van der Waals surface area contributed by atoms with E-state index >= 15 is 0 Å². The highest BCUT2D eigenvalue weighted by atomic mass is 35.5. The number of rotatable bonds is 3. The van der Waals surface area contributed by atoms with Crippen molar-refractivity contribution in [2.45, 2.75) is 46.7 Å². The zero-order chi connectivity index (χ0) is 13.5. The van der Waals surface area contributed by atoms with Crippen molar-refractivity contribution in [1.82, 2.24) is 20.0 Å². The number of nitrogens with zero attached hydrogens (tertiary/aromatic N) is 3. The molecular weight excluding hydrogens is 272 g/mol. The Bertz CT molecular complexity index is 463. The van der Waals surface area contributed by atoms with Crippen molar-refractivity contribution in [3.63, 3.8) is 0 Å². The second kappa shape index (κ2) is 6.04. The van der Waals surface area contributed by atoms with Gasteiger partial charge in [0.1, 0.15) is 0 Å². The van der Waals surface area contributed by atoms with Gasteiger partial charge in [0, 0.05) is 37.4 Å². The molecule has 0 aromatic carbocycles. The van der Waals surface area contributed by atoms with Gasteiger partial charge in [0.25, 0.3) is 0 Å². The van der Waals surface area contributed by atoms with E-state index in [0.717, 1.165) is 13.1 Å². The van der Waals surface area contributed by atoms with E-state index in [2.05, 4.69) is 40.8 Å². The van der Waals surface area contributed by atoms with E-state index < -0.39 is 0 Å². The van der Waals surface area contributed by atoms with Crippen molar-refractivity contribution >= 4 is 12.4 Å². The fourth-order valence-electron chi connectivity index (χ4n) is 3.80. The predicted molar refractivity (Wildman–Crippen MR) is 84.4 cm³/mol. The van der Waals surface area contributed by atoms with E-state index in [4.69, 9.17) is 0 Å². The highest BCUT2D eigenvalue weighted by Gasteiger charge is 2.40. The van der Waals surface area contributed by atoms with Gasteiger partial charge in [-0.25, -0.2) is 0 Å². The third kappa shape index (κ3) is 2.74. The fraction of sp³-hybridized carbons (Fsp3) is 0.800. The molecule has 3 heterocycles. The summed E-state index contributed by atoms with van der Waals surface area (Å²) in [6.45, 7) is 13.5. The van der Waals surface area contributed by atoms with E-state index in [1.54, 1.807) is 0 Å². The van der Waals surface area contributed by atoms with Crippen molar-refractivity contribution in [3.8, 4) is 0 Å². The molecule has 0 saturated carbocycles. The van der Waals surface area contributed by atoms with Gasteiger partial charge in [-0.05, 0) is 52.1 Å². The molecule has 0 amide bonds. The first-order chi connectivity index (χ1) is 9.13. The average Bonchev–Trinajstić information content (AvgIpc) is 3.08. The Morgan fingerprint density at radius 3 is 2.70 bits per heavy atom. The molecule has 1 spiro atoms. The van der Waals surface area contributed by atoms with Crippen LogP contribution in [-0.4, -0.2) is 40.9 Å². The summed E-state index contributed by atoms with van der Waals surface area (Å²) < 4.78 is 2.13. The number of halogens is 1. The van der Waals surface area contributed by atoms with Crippen LogP contribution in [0.2, 0.25) is 0 Å². The smallest absolute Gasteiger partial charge is 0.0641 e. The maximum Gasteiger partial charge on any atom is 0.0641 e. The standard InChI is InChI=1S/C15H26N4.ClH/c1-4-19-13(3)14(12(2)17-19)9-18-8-6-15(11-18)5-7-16-10-15;/h16H,4-11H2,1-3H3;1H. The molecular formula is C15H27ClN4. The lowest BCUT2D eigenvalue weighted by molar-refractivity contribution is 0.268. The highest BCUT2D eigenvalue weighted by molar-refractivity contribution is 5.85. The SMILES string of the molecule is CCn1nc(C)c(CN2CCC3(CCNC3)C2)c1C.Cl. The molecule has 3 rings (SSSR count). The fourth-order valence-corrected chi connectivity index (χ4v) is 3.80. The van der Waals surface area contributed by atoms with Crippen LogP contribution in [0.25, 0.3) is 0 Å². The van der Waals surface area contributed by atoms with Crippen LogP contribution in [0.1, 0.15) is 36.7 Å². The molecule has 2 aliphatic heterocycles. The van der Waals surface area contributed by atoms with Gasteiger partial charge < -0.3 is 5.32 Å². The lowest BCUT2D eigenvalue weighted by Crippen LogP contribution is -2.29. The summed E-state index contributed by atoms with van der Waals surface area (Å²) in [4.78, 5) is 2.63. The molecule has 20 heavy (non-hydrogen) atoms. The normalized spacial score (nSPS) is 26.4. The first-order valence-electron chi connectivity index (χ1n) is 7.59. The number of hydrogen-bond donors (Lipinski definition) is 1. The van der Waals surface area contributed by atoms with Crippen LogP contribution in [0.3, 0.4) is 0 Å². The summed E-state index contributed by atoms with van der Waals surface area (Å²) in [5.41, 5.74) is 4.59. The second-order valence-corrected chi connectivity index (χ2v) is 6.35. The summed E-state index contributed by atoms with van der Waals surface area (Å²) in [5, 5.41) is 8.17. The molecule has 1 aromatic rings. The minimum Gasteiger partial charge on any atom is -0.316 e. The zero-order valence-electron chi connectivity index (χ0n) is 12.9. The summed E-state index contributed by atoms with van der Waals surface area (Å²) in [5.74, 6) is 0. The third-order valence-corrected chi connectivity index (χ3v) is 5.06. The topological polar surface area (TPSA) is 33.1 Å². The van der Waals surface area contributed by atoms with E-state index in [9.17, 15) is 0 Å².